The summed E-state index contributed by atoms with van der Waals surface area (Å²) in [6.45, 7) is 0. The van der Waals surface area contributed by atoms with Gasteiger partial charge < -0.3 is 15.2 Å². The Hall–Kier alpha value is -3.16. The van der Waals surface area contributed by atoms with Crippen molar-refractivity contribution in [3.63, 3.8) is 0 Å². The van der Waals surface area contributed by atoms with Crippen LogP contribution in [0.2, 0.25) is 0 Å². The minimum absolute atomic E-state index is 0.176. The van der Waals surface area contributed by atoms with Gasteiger partial charge in [0.05, 0.1) is 22.5 Å². The van der Waals surface area contributed by atoms with Gasteiger partial charge in [0.1, 0.15) is 0 Å². The van der Waals surface area contributed by atoms with E-state index in [1.54, 1.807) is 0 Å². The van der Waals surface area contributed by atoms with Gasteiger partial charge in [-0.3, -0.25) is 19.9 Å². The van der Waals surface area contributed by atoms with E-state index in [9.17, 15) is 9.59 Å². The van der Waals surface area contributed by atoms with Crippen LogP contribution in [-0.4, -0.2) is 36.2 Å². The van der Waals surface area contributed by atoms with Gasteiger partial charge >= 0.3 is 5.97 Å². The van der Waals surface area contributed by atoms with E-state index < -0.39 is 5.97 Å². The predicted octanol–water partition coefficient (Wildman–Crippen LogP) is 0.777. The van der Waals surface area contributed by atoms with E-state index in [-0.39, 0.29) is 11.1 Å². The minimum Gasteiger partial charge on any atom is -0.478 e. The molecule has 3 rings (SSSR count). The van der Waals surface area contributed by atoms with E-state index in [0.29, 0.717) is 29.1 Å². The largest absolute Gasteiger partial charge is 0.478 e. The first kappa shape index (κ1) is 12.9. The lowest BCUT2D eigenvalue weighted by molar-refractivity contribution is 0.0697. The molecule has 3 aromatic heterocycles. The smallest absolute Gasteiger partial charge is 0.337 e. The number of H-pyrrole nitrogens is 3. The molecule has 8 heteroatoms. The van der Waals surface area contributed by atoms with Crippen molar-refractivity contribution >= 4 is 5.97 Å². The van der Waals surface area contributed by atoms with Gasteiger partial charge in [0, 0.05) is 36.9 Å². The normalized spacial score (nSPS) is 10.7. The van der Waals surface area contributed by atoms with Crippen molar-refractivity contribution in [3.05, 3.63) is 58.2 Å². The summed E-state index contributed by atoms with van der Waals surface area (Å²) in [5, 5.41) is 14.0. The van der Waals surface area contributed by atoms with Crippen LogP contribution in [0.25, 0.3) is 11.3 Å². The zero-order valence-corrected chi connectivity index (χ0v) is 10.8. The molecular weight excluding hydrogens is 274 g/mol. The topological polar surface area (TPSA) is 128 Å². The second-order valence-corrected chi connectivity index (χ2v) is 4.40. The first-order chi connectivity index (χ1) is 10.1. The van der Waals surface area contributed by atoms with E-state index in [1.165, 1.54) is 30.9 Å². The van der Waals surface area contributed by atoms with E-state index in [4.69, 9.17) is 5.11 Å². The van der Waals surface area contributed by atoms with Crippen LogP contribution in [0.5, 0.6) is 0 Å². The lowest BCUT2D eigenvalue weighted by Crippen LogP contribution is -2.06. The molecule has 0 aliphatic carbocycles. The number of nitrogens with one attached hydrogen (secondary N) is 3. The van der Waals surface area contributed by atoms with Crippen LogP contribution in [0.15, 0.2) is 35.6 Å². The molecule has 21 heavy (non-hydrogen) atoms. The highest BCUT2D eigenvalue weighted by Gasteiger charge is 2.14. The maximum atomic E-state index is 11.7. The summed E-state index contributed by atoms with van der Waals surface area (Å²) in [5.41, 5.74) is 2.02. The van der Waals surface area contributed by atoms with Crippen LogP contribution in [-0.2, 0) is 6.42 Å². The van der Waals surface area contributed by atoms with Crippen molar-refractivity contribution in [2.24, 2.45) is 0 Å². The molecule has 0 unspecified atom stereocenters. The van der Waals surface area contributed by atoms with Crippen LogP contribution in [0.3, 0.4) is 0 Å². The summed E-state index contributed by atoms with van der Waals surface area (Å²) in [6, 6.07) is 1.53. The van der Waals surface area contributed by atoms with Crippen molar-refractivity contribution < 1.29 is 9.90 Å². The Bertz CT molecular complexity index is 845. The zero-order valence-electron chi connectivity index (χ0n) is 10.8. The maximum absolute atomic E-state index is 11.7. The molecule has 0 saturated heterocycles. The first-order valence-corrected chi connectivity index (χ1v) is 6.12. The van der Waals surface area contributed by atoms with Gasteiger partial charge in [-0.25, -0.2) is 4.79 Å². The number of hydrogen-bond acceptors (Lipinski definition) is 4. The van der Waals surface area contributed by atoms with E-state index >= 15 is 0 Å². The number of aromatic carboxylic acids is 1. The number of carboxylic acids is 1. The Balaban J connectivity index is 1.97. The number of carbonyl (C=O) groups is 1. The van der Waals surface area contributed by atoms with Gasteiger partial charge in [0.2, 0.25) is 0 Å². The van der Waals surface area contributed by atoms with E-state index in [1.807, 2.05) is 0 Å². The van der Waals surface area contributed by atoms with Crippen molar-refractivity contribution in [1.82, 2.24) is 25.1 Å². The number of nitrogens with zero attached hydrogens (tertiary/aromatic N) is 2. The number of rotatable bonds is 4. The fraction of sp³-hybridized carbons (Fsp3) is 0.0769. The summed E-state index contributed by atoms with van der Waals surface area (Å²) < 4.78 is 0. The third-order valence-electron chi connectivity index (χ3n) is 3.02. The summed E-state index contributed by atoms with van der Waals surface area (Å²) in [5.74, 6) is -1.00. The first-order valence-electron chi connectivity index (χ1n) is 6.12. The number of aromatic nitrogens is 5. The Morgan fingerprint density at radius 2 is 2.05 bits per heavy atom. The summed E-state index contributed by atoms with van der Waals surface area (Å²) in [6.07, 6.45) is 6.31. The van der Waals surface area contributed by atoms with Crippen molar-refractivity contribution in [2.75, 3.05) is 0 Å². The molecule has 0 saturated carbocycles. The molecule has 0 spiro atoms. The quantitative estimate of drug-likeness (QED) is 0.563. The second kappa shape index (κ2) is 5.08. The molecule has 0 atom stereocenters. The summed E-state index contributed by atoms with van der Waals surface area (Å²) in [4.78, 5) is 33.8. The van der Waals surface area contributed by atoms with Gasteiger partial charge in [-0.05, 0) is 6.07 Å². The average Bonchev–Trinajstić information content (AvgIpc) is 3.09. The molecule has 0 radical (unpaired) electrons. The summed E-state index contributed by atoms with van der Waals surface area (Å²) in [7, 11) is 0. The molecule has 3 aromatic rings. The molecule has 0 aromatic carbocycles. The Kier molecular flexibility index (Phi) is 3.11. The van der Waals surface area contributed by atoms with Crippen LogP contribution >= 0.6 is 0 Å². The van der Waals surface area contributed by atoms with Crippen molar-refractivity contribution in [2.45, 2.75) is 6.42 Å². The second-order valence-electron chi connectivity index (χ2n) is 4.40. The zero-order chi connectivity index (χ0) is 14.8. The average molecular weight is 285 g/mol. The molecular formula is C13H11N5O3. The molecule has 8 nitrogen and oxygen atoms in total. The standard InChI is InChI=1S/C13H11N5O3/c19-12-9(6-17-18-12)11-10(14-1-2-15-11)4-8-3-7(5-16-8)13(20)21/h1-3,5-6,16H,4H2,(H,20,21)(H2,17,18,19). The Morgan fingerprint density at radius 1 is 1.24 bits per heavy atom. The number of carboxylic acid groups (broad SMARTS) is 1. The summed E-state index contributed by atoms with van der Waals surface area (Å²) >= 11 is 0. The number of aromatic amines is 3. The lowest BCUT2D eigenvalue weighted by atomic mass is 10.1. The molecule has 0 aliphatic heterocycles. The van der Waals surface area contributed by atoms with Gasteiger partial charge in [0.25, 0.3) is 5.56 Å². The van der Waals surface area contributed by atoms with Crippen LogP contribution < -0.4 is 5.56 Å². The molecule has 0 amide bonds. The van der Waals surface area contributed by atoms with E-state index in [2.05, 4.69) is 25.1 Å². The van der Waals surface area contributed by atoms with Gasteiger partial charge in [-0.1, -0.05) is 0 Å². The monoisotopic (exact) mass is 285 g/mol. The fourth-order valence-corrected chi connectivity index (χ4v) is 2.05. The van der Waals surface area contributed by atoms with E-state index in [0.717, 1.165) is 0 Å². The molecule has 4 N–H and O–H groups in total. The highest BCUT2D eigenvalue weighted by atomic mass is 16.4. The molecule has 0 bridgehead atoms. The van der Waals surface area contributed by atoms with Crippen LogP contribution in [0, 0.1) is 0 Å². The SMILES string of the molecule is O=C(O)c1c[nH]c(Cc2nccnc2-c2c[nH][nH]c2=O)c1. The predicted molar refractivity (Wildman–Crippen MR) is 73.0 cm³/mol. The highest BCUT2D eigenvalue weighted by molar-refractivity contribution is 5.87. The Morgan fingerprint density at radius 3 is 2.71 bits per heavy atom. The van der Waals surface area contributed by atoms with Crippen molar-refractivity contribution in [1.29, 1.82) is 0 Å². The molecule has 0 aliphatic rings. The van der Waals surface area contributed by atoms with Crippen molar-refractivity contribution in [3.8, 4) is 11.3 Å². The highest BCUT2D eigenvalue weighted by Crippen LogP contribution is 2.18. The Labute approximate surface area is 117 Å². The van der Waals surface area contributed by atoms with Crippen LogP contribution in [0.1, 0.15) is 21.7 Å². The third-order valence-corrected chi connectivity index (χ3v) is 3.02. The third kappa shape index (κ3) is 2.46. The number of hydrogen-bond donors (Lipinski definition) is 4. The minimum atomic E-state index is -1.00. The van der Waals surface area contributed by atoms with Crippen LogP contribution in [0.4, 0.5) is 0 Å². The lowest BCUT2D eigenvalue weighted by Gasteiger charge is -2.03. The molecule has 106 valence electrons. The van der Waals surface area contributed by atoms with Gasteiger partial charge in [0.15, 0.2) is 0 Å². The fourth-order valence-electron chi connectivity index (χ4n) is 2.05. The van der Waals surface area contributed by atoms with Gasteiger partial charge in [-0.2, -0.15) is 0 Å². The maximum Gasteiger partial charge on any atom is 0.337 e. The van der Waals surface area contributed by atoms with Gasteiger partial charge in [-0.15, -0.1) is 0 Å². The molecule has 3 heterocycles. The molecule has 0 fully saturated rings.